The SMILES string of the molecule is Cl.NC1(c2noc(-c3ccc(-c4ccccc4)[nH]3)n2)CCC1. The van der Waals surface area contributed by atoms with Crippen LogP contribution in [-0.2, 0) is 5.54 Å². The van der Waals surface area contributed by atoms with Crippen molar-refractivity contribution in [2.45, 2.75) is 24.8 Å². The highest BCUT2D eigenvalue weighted by Crippen LogP contribution is 2.37. The van der Waals surface area contributed by atoms with Crippen molar-refractivity contribution in [1.29, 1.82) is 0 Å². The number of hydrogen-bond donors (Lipinski definition) is 2. The molecule has 2 heterocycles. The highest BCUT2D eigenvalue weighted by Gasteiger charge is 2.39. The number of halogens is 1. The predicted molar refractivity (Wildman–Crippen MR) is 86.5 cm³/mol. The van der Waals surface area contributed by atoms with E-state index in [9.17, 15) is 0 Å². The second kappa shape index (κ2) is 5.59. The maximum atomic E-state index is 6.22. The maximum Gasteiger partial charge on any atom is 0.274 e. The number of nitrogens with one attached hydrogen (secondary N) is 1. The van der Waals surface area contributed by atoms with Crippen LogP contribution in [0.25, 0.3) is 22.8 Å². The van der Waals surface area contributed by atoms with E-state index in [0.29, 0.717) is 11.7 Å². The number of benzene rings is 1. The predicted octanol–water partition coefficient (Wildman–Crippen LogP) is 3.49. The summed E-state index contributed by atoms with van der Waals surface area (Å²) < 4.78 is 5.35. The Kier molecular flexibility index (Phi) is 3.76. The topological polar surface area (TPSA) is 80.7 Å². The van der Waals surface area contributed by atoms with Crippen LogP contribution in [0, 0.1) is 0 Å². The van der Waals surface area contributed by atoms with E-state index >= 15 is 0 Å². The van der Waals surface area contributed by atoms with Crippen LogP contribution in [0.15, 0.2) is 47.0 Å². The molecule has 0 radical (unpaired) electrons. The molecule has 1 aliphatic carbocycles. The molecule has 0 saturated heterocycles. The summed E-state index contributed by atoms with van der Waals surface area (Å²) in [5.41, 5.74) is 8.79. The third-order valence-corrected chi connectivity index (χ3v) is 4.12. The molecule has 5 nitrogen and oxygen atoms in total. The molecule has 0 unspecified atom stereocenters. The summed E-state index contributed by atoms with van der Waals surface area (Å²) in [6.45, 7) is 0. The van der Waals surface area contributed by atoms with Gasteiger partial charge in [-0.1, -0.05) is 35.5 Å². The largest absolute Gasteiger partial charge is 0.351 e. The minimum absolute atomic E-state index is 0. The average molecular weight is 317 g/mol. The minimum atomic E-state index is -0.392. The summed E-state index contributed by atoms with van der Waals surface area (Å²) in [5, 5.41) is 4.04. The fraction of sp³-hybridized carbons (Fsp3) is 0.250. The number of nitrogens with zero attached hydrogens (tertiary/aromatic N) is 2. The van der Waals surface area contributed by atoms with Crippen LogP contribution in [0.1, 0.15) is 25.1 Å². The van der Waals surface area contributed by atoms with Gasteiger partial charge < -0.3 is 15.2 Å². The summed E-state index contributed by atoms with van der Waals surface area (Å²) in [5.74, 6) is 1.10. The Morgan fingerprint density at radius 2 is 1.77 bits per heavy atom. The van der Waals surface area contributed by atoms with Gasteiger partial charge in [-0.2, -0.15) is 4.98 Å². The lowest BCUT2D eigenvalue weighted by Gasteiger charge is -2.34. The van der Waals surface area contributed by atoms with Gasteiger partial charge >= 0.3 is 0 Å². The molecule has 0 amide bonds. The van der Waals surface area contributed by atoms with E-state index in [0.717, 1.165) is 36.2 Å². The smallest absolute Gasteiger partial charge is 0.274 e. The molecule has 6 heteroatoms. The standard InChI is InChI=1S/C16H16N4O.ClH/c17-16(9-4-10-16)15-19-14(21-20-15)13-8-7-12(18-13)11-5-2-1-3-6-11;/h1-3,5-8,18H,4,9-10,17H2;1H. The molecule has 1 saturated carbocycles. The third-order valence-electron chi connectivity index (χ3n) is 4.12. The molecule has 0 atom stereocenters. The van der Waals surface area contributed by atoms with Crippen LogP contribution in [0.4, 0.5) is 0 Å². The molecule has 4 rings (SSSR count). The van der Waals surface area contributed by atoms with Crippen molar-refractivity contribution in [2.24, 2.45) is 5.73 Å². The number of aromatic nitrogens is 3. The highest BCUT2D eigenvalue weighted by molar-refractivity contribution is 5.85. The fourth-order valence-electron chi connectivity index (χ4n) is 2.62. The second-order valence-corrected chi connectivity index (χ2v) is 5.58. The van der Waals surface area contributed by atoms with E-state index in [1.165, 1.54) is 0 Å². The van der Waals surface area contributed by atoms with Crippen LogP contribution >= 0.6 is 12.4 Å². The van der Waals surface area contributed by atoms with Crippen LogP contribution in [-0.4, -0.2) is 15.1 Å². The third kappa shape index (κ3) is 2.42. The van der Waals surface area contributed by atoms with E-state index < -0.39 is 5.54 Å². The second-order valence-electron chi connectivity index (χ2n) is 5.58. The van der Waals surface area contributed by atoms with E-state index in [1.54, 1.807) is 0 Å². The summed E-state index contributed by atoms with van der Waals surface area (Å²) >= 11 is 0. The fourth-order valence-corrected chi connectivity index (χ4v) is 2.62. The molecular formula is C16H17ClN4O. The maximum absolute atomic E-state index is 6.22. The normalized spacial score (nSPS) is 15.9. The molecule has 114 valence electrons. The number of hydrogen-bond acceptors (Lipinski definition) is 4. The molecule has 22 heavy (non-hydrogen) atoms. The van der Waals surface area contributed by atoms with Crippen molar-refractivity contribution in [3.8, 4) is 22.8 Å². The zero-order chi connectivity index (χ0) is 14.3. The Bertz CT molecular complexity index is 761. The summed E-state index contributed by atoms with van der Waals surface area (Å²) in [6.07, 6.45) is 2.97. The van der Waals surface area contributed by atoms with E-state index in [4.69, 9.17) is 10.3 Å². The molecule has 1 aliphatic rings. The first-order valence-corrected chi connectivity index (χ1v) is 7.12. The van der Waals surface area contributed by atoms with Crippen molar-refractivity contribution in [3.05, 3.63) is 48.3 Å². The van der Waals surface area contributed by atoms with Crippen LogP contribution in [0.5, 0.6) is 0 Å². The lowest BCUT2D eigenvalue weighted by molar-refractivity contribution is 0.229. The molecular weight excluding hydrogens is 300 g/mol. The van der Waals surface area contributed by atoms with Crippen LogP contribution < -0.4 is 5.73 Å². The number of aromatic amines is 1. The van der Waals surface area contributed by atoms with Crippen molar-refractivity contribution in [1.82, 2.24) is 15.1 Å². The lowest BCUT2D eigenvalue weighted by Crippen LogP contribution is -2.44. The van der Waals surface area contributed by atoms with Gasteiger partial charge in [0.05, 0.1) is 5.54 Å². The number of H-pyrrole nitrogens is 1. The summed E-state index contributed by atoms with van der Waals surface area (Å²) in [6, 6.07) is 14.1. The van der Waals surface area contributed by atoms with Gasteiger partial charge in [0.1, 0.15) is 5.69 Å². The first-order valence-electron chi connectivity index (χ1n) is 7.12. The summed E-state index contributed by atoms with van der Waals surface area (Å²) in [4.78, 5) is 7.76. The molecule has 0 aliphatic heterocycles. The van der Waals surface area contributed by atoms with Gasteiger partial charge in [0.15, 0.2) is 5.82 Å². The molecule has 2 aromatic heterocycles. The molecule has 3 aromatic rings. The first kappa shape index (κ1) is 14.8. The van der Waals surface area contributed by atoms with E-state index in [2.05, 4.69) is 27.3 Å². The van der Waals surface area contributed by atoms with Gasteiger partial charge in [-0.3, -0.25) is 0 Å². The van der Waals surface area contributed by atoms with Crippen LogP contribution in [0.3, 0.4) is 0 Å². The number of rotatable bonds is 3. The van der Waals surface area contributed by atoms with Gasteiger partial charge in [0.25, 0.3) is 5.89 Å². The van der Waals surface area contributed by atoms with E-state index in [-0.39, 0.29) is 12.4 Å². The molecule has 0 bridgehead atoms. The monoisotopic (exact) mass is 316 g/mol. The van der Waals surface area contributed by atoms with Crippen molar-refractivity contribution in [2.75, 3.05) is 0 Å². The Balaban J connectivity index is 0.00000144. The lowest BCUT2D eigenvalue weighted by atomic mass is 9.77. The average Bonchev–Trinajstić information content (AvgIpc) is 3.14. The zero-order valence-corrected chi connectivity index (χ0v) is 12.8. The zero-order valence-electron chi connectivity index (χ0n) is 12.0. The van der Waals surface area contributed by atoms with E-state index in [1.807, 2.05) is 30.3 Å². The Labute approximate surface area is 134 Å². The highest BCUT2D eigenvalue weighted by atomic mass is 35.5. The first-order chi connectivity index (χ1) is 10.2. The Morgan fingerprint density at radius 1 is 1.05 bits per heavy atom. The van der Waals surface area contributed by atoms with Gasteiger partial charge in [-0.25, -0.2) is 0 Å². The van der Waals surface area contributed by atoms with Crippen LogP contribution in [0.2, 0.25) is 0 Å². The van der Waals surface area contributed by atoms with Gasteiger partial charge in [-0.15, -0.1) is 12.4 Å². The molecule has 1 aromatic carbocycles. The number of nitrogens with two attached hydrogens (primary N) is 1. The minimum Gasteiger partial charge on any atom is -0.351 e. The Hall–Kier alpha value is -2.11. The van der Waals surface area contributed by atoms with Crippen molar-refractivity contribution >= 4 is 12.4 Å². The molecule has 3 N–H and O–H groups in total. The van der Waals surface area contributed by atoms with Gasteiger partial charge in [0, 0.05) is 5.69 Å². The molecule has 0 spiro atoms. The Morgan fingerprint density at radius 3 is 2.45 bits per heavy atom. The van der Waals surface area contributed by atoms with Crippen molar-refractivity contribution < 1.29 is 4.52 Å². The quantitative estimate of drug-likeness (QED) is 0.775. The van der Waals surface area contributed by atoms with Gasteiger partial charge in [0.2, 0.25) is 0 Å². The summed E-state index contributed by atoms with van der Waals surface area (Å²) in [7, 11) is 0. The van der Waals surface area contributed by atoms with Crippen molar-refractivity contribution in [3.63, 3.8) is 0 Å². The van der Waals surface area contributed by atoms with Gasteiger partial charge in [-0.05, 0) is 37.0 Å². The molecule has 1 fully saturated rings.